The number of aryl methyl sites for hydroxylation is 3. The van der Waals surface area contributed by atoms with E-state index in [9.17, 15) is 4.79 Å². The van der Waals surface area contributed by atoms with E-state index in [4.69, 9.17) is 4.74 Å². The maximum atomic E-state index is 11.9. The third-order valence-corrected chi connectivity index (χ3v) is 2.91. The van der Waals surface area contributed by atoms with Gasteiger partial charge in [-0.1, -0.05) is 18.2 Å². The number of benzene rings is 1. The molecule has 0 spiro atoms. The summed E-state index contributed by atoms with van der Waals surface area (Å²) in [6, 6.07) is 7.75. The molecular weight excluding hydrogens is 226 g/mol. The van der Waals surface area contributed by atoms with Crippen LogP contribution in [0.3, 0.4) is 0 Å². The van der Waals surface area contributed by atoms with Crippen molar-refractivity contribution in [3.8, 4) is 5.75 Å². The number of ketones is 1. The lowest BCUT2D eigenvalue weighted by atomic mass is 10.1. The lowest BCUT2D eigenvalue weighted by molar-refractivity contribution is 0.0920. The van der Waals surface area contributed by atoms with Crippen LogP contribution in [0.1, 0.15) is 21.5 Å². The Kier molecular flexibility index (Phi) is 3.51. The third-order valence-electron chi connectivity index (χ3n) is 2.91. The molecule has 1 aromatic heterocycles. The number of carbonyl (C=O) groups is 1. The van der Waals surface area contributed by atoms with Crippen LogP contribution < -0.4 is 4.74 Å². The van der Waals surface area contributed by atoms with Crippen LogP contribution in [0.5, 0.6) is 5.75 Å². The van der Waals surface area contributed by atoms with E-state index in [1.165, 1.54) is 0 Å². The Morgan fingerprint density at radius 1 is 1.22 bits per heavy atom. The molecule has 1 heterocycles. The number of aromatic nitrogens is 1. The van der Waals surface area contributed by atoms with E-state index in [0.29, 0.717) is 5.56 Å². The predicted octanol–water partition coefficient (Wildman–Crippen LogP) is 2.90. The molecule has 0 saturated heterocycles. The molecule has 3 nitrogen and oxygen atoms in total. The topological polar surface area (TPSA) is 31.2 Å². The number of ether oxygens (including phenoxy) is 1. The molecule has 94 valence electrons. The van der Waals surface area contributed by atoms with Crippen LogP contribution in [0.2, 0.25) is 0 Å². The number of rotatable bonds is 4. The quantitative estimate of drug-likeness (QED) is 0.773. The maximum Gasteiger partial charge on any atom is 0.201 e. The molecule has 0 amide bonds. The molecule has 0 fully saturated rings. The van der Waals surface area contributed by atoms with Gasteiger partial charge in [0.1, 0.15) is 5.75 Å². The summed E-state index contributed by atoms with van der Waals surface area (Å²) in [4.78, 5) is 11.9. The monoisotopic (exact) mass is 243 g/mol. The lowest BCUT2D eigenvalue weighted by Crippen LogP contribution is -2.12. The highest BCUT2D eigenvalue weighted by Gasteiger charge is 2.10. The second-order valence-corrected chi connectivity index (χ2v) is 4.50. The summed E-state index contributed by atoms with van der Waals surface area (Å²) in [5.74, 6) is 0.806. The zero-order valence-corrected chi connectivity index (χ0v) is 10.9. The van der Waals surface area contributed by atoms with E-state index in [1.807, 2.05) is 49.9 Å². The first kappa shape index (κ1) is 12.4. The molecule has 2 rings (SSSR count). The first-order valence-corrected chi connectivity index (χ1v) is 5.92. The van der Waals surface area contributed by atoms with Gasteiger partial charge in [0.05, 0.1) is 0 Å². The summed E-state index contributed by atoms with van der Waals surface area (Å²) in [5.41, 5.74) is 2.79. The fraction of sp³-hybridized carbons (Fsp3) is 0.267. The predicted molar refractivity (Wildman–Crippen MR) is 71.2 cm³/mol. The molecule has 1 aromatic carbocycles. The fourth-order valence-electron chi connectivity index (χ4n) is 1.92. The molecular formula is C15H17NO2. The molecule has 0 aliphatic heterocycles. The van der Waals surface area contributed by atoms with Crippen molar-refractivity contribution < 1.29 is 9.53 Å². The summed E-state index contributed by atoms with van der Waals surface area (Å²) in [6.07, 6.45) is 3.66. The number of hydrogen-bond acceptors (Lipinski definition) is 2. The molecule has 0 aliphatic carbocycles. The highest BCUT2D eigenvalue weighted by Crippen LogP contribution is 2.22. The molecule has 3 heteroatoms. The van der Waals surface area contributed by atoms with Gasteiger partial charge in [0.15, 0.2) is 6.61 Å². The second kappa shape index (κ2) is 5.08. The Morgan fingerprint density at radius 3 is 2.44 bits per heavy atom. The summed E-state index contributed by atoms with van der Waals surface area (Å²) in [7, 11) is 1.89. The zero-order chi connectivity index (χ0) is 13.1. The standard InChI is InChI=1S/C15H17NO2/c1-11-5-4-6-12(2)15(11)18-10-14(17)13-7-8-16(3)9-13/h4-9H,10H2,1-3H3. The average molecular weight is 243 g/mol. The van der Waals surface area contributed by atoms with E-state index in [1.54, 1.807) is 12.3 Å². The van der Waals surface area contributed by atoms with Gasteiger partial charge in [-0.2, -0.15) is 0 Å². The van der Waals surface area contributed by atoms with Gasteiger partial charge >= 0.3 is 0 Å². The Labute approximate surface area is 107 Å². The minimum Gasteiger partial charge on any atom is -0.485 e. The van der Waals surface area contributed by atoms with Gasteiger partial charge in [0, 0.05) is 25.0 Å². The van der Waals surface area contributed by atoms with E-state index < -0.39 is 0 Å². The van der Waals surface area contributed by atoms with Gasteiger partial charge < -0.3 is 9.30 Å². The van der Waals surface area contributed by atoms with Gasteiger partial charge in [-0.05, 0) is 31.0 Å². The van der Waals surface area contributed by atoms with Gasteiger partial charge in [-0.15, -0.1) is 0 Å². The number of carbonyl (C=O) groups excluding carboxylic acids is 1. The fourth-order valence-corrected chi connectivity index (χ4v) is 1.92. The Balaban J connectivity index is 2.06. The number of nitrogens with zero attached hydrogens (tertiary/aromatic N) is 1. The summed E-state index contributed by atoms with van der Waals surface area (Å²) >= 11 is 0. The van der Waals surface area contributed by atoms with Crippen molar-refractivity contribution >= 4 is 5.78 Å². The van der Waals surface area contributed by atoms with Crippen molar-refractivity contribution in [3.05, 3.63) is 53.3 Å². The van der Waals surface area contributed by atoms with Gasteiger partial charge in [-0.25, -0.2) is 0 Å². The Hall–Kier alpha value is -2.03. The van der Waals surface area contributed by atoms with Crippen molar-refractivity contribution in [1.29, 1.82) is 0 Å². The average Bonchev–Trinajstić information content (AvgIpc) is 2.75. The first-order valence-electron chi connectivity index (χ1n) is 5.92. The van der Waals surface area contributed by atoms with Crippen LogP contribution in [-0.4, -0.2) is 17.0 Å². The lowest BCUT2D eigenvalue weighted by Gasteiger charge is -2.10. The third kappa shape index (κ3) is 2.62. The smallest absolute Gasteiger partial charge is 0.201 e. The number of hydrogen-bond donors (Lipinski definition) is 0. The zero-order valence-electron chi connectivity index (χ0n) is 10.9. The highest BCUT2D eigenvalue weighted by atomic mass is 16.5. The SMILES string of the molecule is Cc1cccc(C)c1OCC(=O)c1ccn(C)c1. The normalized spacial score (nSPS) is 10.4. The Morgan fingerprint density at radius 2 is 1.89 bits per heavy atom. The van der Waals surface area contributed by atoms with Gasteiger partial charge in [-0.3, -0.25) is 4.79 Å². The summed E-state index contributed by atoms with van der Waals surface area (Å²) < 4.78 is 7.49. The molecule has 0 radical (unpaired) electrons. The van der Waals surface area contributed by atoms with Crippen molar-refractivity contribution in [2.75, 3.05) is 6.61 Å². The molecule has 0 N–H and O–H groups in total. The molecule has 2 aromatic rings. The second-order valence-electron chi connectivity index (χ2n) is 4.50. The van der Waals surface area contributed by atoms with Crippen LogP contribution in [-0.2, 0) is 7.05 Å². The van der Waals surface area contributed by atoms with Crippen LogP contribution in [0.25, 0.3) is 0 Å². The highest BCUT2D eigenvalue weighted by molar-refractivity contribution is 5.97. The number of para-hydroxylation sites is 1. The van der Waals surface area contributed by atoms with E-state index in [-0.39, 0.29) is 12.4 Å². The number of Topliss-reactive ketones (excluding diaryl/α,β-unsaturated/α-hetero) is 1. The van der Waals surface area contributed by atoms with Crippen molar-refractivity contribution in [3.63, 3.8) is 0 Å². The van der Waals surface area contributed by atoms with Crippen LogP contribution in [0.4, 0.5) is 0 Å². The summed E-state index contributed by atoms with van der Waals surface area (Å²) in [5, 5.41) is 0. The molecule has 0 bridgehead atoms. The van der Waals surface area contributed by atoms with Crippen LogP contribution in [0.15, 0.2) is 36.7 Å². The van der Waals surface area contributed by atoms with Crippen molar-refractivity contribution in [1.82, 2.24) is 4.57 Å². The first-order chi connectivity index (χ1) is 8.58. The van der Waals surface area contributed by atoms with Crippen LogP contribution >= 0.6 is 0 Å². The molecule has 0 saturated carbocycles. The van der Waals surface area contributed by atoms with Gasteiger partial charge in [0.25, 0.3) is 0 Å². The Bertz CT molecular complexity index is 549. The summed E-state index contributed by atoms with van der Waals surface area (Å²) in [6.45, 7) is 4.04. The molecule has 0 atom stereocenters. The minimum absolute atomic E-state index is 0.00162. The molecule has 0 unspecified atom stereocenters. The van der Waals surface area contributed by atoms with Crippen molar-refractivity contribution in [2.24, 2.45) is 7.05 Å². The van der Waals surface area contributed by atoms with E-state index in [2.05, 4.69) is 0 Å². The van der Waals surface area contributed by atoms with Crippen molar-refractivity contribution in [2.45, 2.75) is 13.8 Å². The molecule has 18 heavy (non-hydrogen) atoms. The van der Waals surface area contributed by atoms with E-state index >= 15 is 0 Å². The largest absolute Gasteiger partial charge is 0.485 e. The maximum absolute atomic E-state index is 11.9. The van der Waals surface area contributed by atoms with Gasteiger partial charge in [0.2, 0.25) is 5.78 Å². The molecule has 0 aliphatic rings. The van der Waals surface area contributed by atoms with E-state index in [0.717, 1.165) is 16.9 Å². The van der Waals surface area contributed by atoms with Crippen LogP contribution in [0, 0.1) is 13.8 Å². The minimum atomic E-state index is -0.00162.